The van der Waals surface area contributed by atoms with Gasteiger partial charge in [-0.2, -0.15) is 8.78 Å². The van der Waals surface area contributed by atoms with Crippen molar-refractivity contribution in [3.05, 3.63) is 65.7 Å². The molecule has 0 saturated carbocycles. The first-order valence-corrected chi connectivity index (χ1v) is 5.50. The van der Waals surface area contributed by atoms with Crippen LogP contribution in [-0.2, 0) is 13.5 Å². The molecule has 0 saturated heterocycles. The maximum atomic E-state index is 12.3. The number of aliphatic hydroxyl groups excluding tert-OH is 2. The maximum Gasteiger partial charge on any atom is 0.330 e. The Morgan fingerprint density at radius 2 is 1.14 bits per heavy atom. The van der Waals surface area contributed by atoms with E-state index in [-0.39, 0.29) is 0 Å². The van der Waals surface area contributed by atoms with Crippen LogP contribution in [0.3, 0.4) is 0 Å². The molecule has 0 aromatic carbocycles. The minimum Gasteiger partial charge on any atom is -0.376 e. The first-order valence-electron chi connectivity index (χ1n) is 5.50. The molecule has 2 heterocycles. The van der Waals surface area contributed by atoms with Gasteiger partial charge in [-0.25, -0.2) is 9.59 Å². The molecule has 0 bridgehead atoms. The third-order valence-corrected chi connectivity index (χ3v) is 2.24. The molecular weight excluding hydrogens is 310 g/mol. The van der Waals surface area contributed by atoms with E-state index in [0.717, 1.165) is 0 Å². The van der Waals surface area contributed by atoms with Crippen molar-refractivity contribution >= 4 is 0 Å². The number of halogens is 2. The molecule has 2 rings (SSSR count). The molecule has 0 fully saturated rings. The van der Waals surface area contributed by atoms with E-state index < -0.39 is 47.6 Å². The Labute approximate surface area is 118 Å². The first-order chi connectivity index (χ1) is 10.3. The van der Waals surface area contributed by atoms with E-state index in [4.69, 9.17) is 10.2 Å². The summed E-state index contributed by atoms with van der Waals surface area (Å²) in [7, 11) is 0. The minimum atomic E-state index is -1.10. The third-order valence-electron chi connectivity index (χ3n) is 2.24. The lowest BCUT2D eigenvalue weighted by molar-refractivity contribution is 0.201. The summed E-state index contributed by atoms with van der Waals surface area (Å²) in [5.74, 6) is -2.20. The number of nitrogens with one attached hydrogen (secondary N) is 2. The summed E-state index contributed by atoms with van der Waals surface area (Å²) in [6, 6.07) is 0. The van der Waals surface area contributed by atoms with Crippen LogP contribution in [0.5, 0.6) is 0 Å². The number of nitrogens with zero attached hydrogens (tertiary/aromatic N) is 2. The molecule has 0 unspecified atom stereocenters. The Kier molecular flexibility index (Phi) is 5.65. The fourth-order valence-corrected chi connectivity index (χ4v) is 1.18. The number of rotatable bonds is 2. The summed E-state index contributed by atoms with van der Waals surface area (Å²) in [6.07, 6.45) is 1.28. The van der Waals surface area contributed by atoms with Crippen molar-refractivity contribution in [3.63, 3.8) is 0 Å². The molecule has 12 heteroatoms. The molecule has 2 aromatic rings. The molecule has 0 aliphatic heterocycles. The van der Waals surface area contributed by atoms with Crippen LogP contribution in [0.2, 0.25) is 0 Å². The molecule has 0 spiro atoms. The fourth-order valence-electron chi connectivity index (χ4n) is 1.18. The van der Waals surface area contributed by atoms with Gasteiger partial charge in [0.25, 0.3) is 11.1 Å². The largest absolute Gasteiger partial charge is 0.376 e. The van der Waals surface area contributed by atoms with E-state index in [1.54, 1.807) is 9.97 Å². The average molecular weight is 320 g/mol. The molecule has 0 aliphatic carbocycles. The molecular formula is C10H10F2N4O6. The third kappa shape index (κ3) is 4.07. The van der Waals surface area contributed by atoms with Crippen LogP contribution in [0.25, 0.3) is 0 Å². The van der Waals surface area contributed by atoms with Gasteiger partial charge in [0.2, 0.25) is 11.6 Å². The first kappa shape index (κ1) is 17.2. The van der Waals surface area contributed by atoms with Crippen LogP contribution in [0.15, 0.2) is 31.6 Å². The maximum absolute atomic E-state index is 12.3. The number of hydrogen-bond donors (Lipinski definition) is 4. The number of aromatic nitrogens is 4. The Morgan fingerprint density at radius 1 is 0.818 bits per heavy atom. The smallest absolute Gasteiger partial charge is 0.330 e. The van der Waals surface area contributed by atoms with Gasteiger partial charge in [-0.3, -0.25) is 28.7 Å². The van der Waals surface area contributed by atoms with E-state index in [1.165, 1.54) is 0 Å². The van der Waals surface area contributed by atoms with Crippen molar-refractivity contribution in [1.82, 2.24) is 19.1 Å². The van der Waals surface area contributed by atoms with Crippen molar-refractivity contribution in [2.45, 2.75) is 13.5 Å². The predicted octanol–water partition coefficient (Wildman–Crippen LogP) is -2.75. The topological polar surface area (TPSA) is 150 Å². The van der Waals surface area contributed by atoms with E-state index in [9.17, 15) is 28.0 Å². The highest BCUT2D eigenvalue weighted by Crippen LogP contribution is 1.81. The number of aromatic amines is 2. The molecule has 0 radical (unpaired) electrons. The lowest BCUT2D eigenvalue weighted by Crippen LogP contribution is -2.31. The van der Waals surface area contributed by atoms with E-state index in [0.29, 0.717) is 21.5 Å². The van der Waals surface area contributed by atoms with Gasteiger partial charge in [0, 0.05) is 0 Å². The molecule has 0 atom stereocenters. The van der Waals surface area contributed by atoms with Crippen molar-refractivity contribution in [2.24, 2.45) is 0 Å². The predicted molar refractivity (Wildman–Crippen MR) is 67.0 cm³/mol. The summed E-state index contributed by atoms with van der Waals surface area (Å²) in [5.41, 5.74) is -3.84. The molecule has 22 heavy (non-hydrogen) atoms. The quantitative estimate of drug-likeness (QED) is 0.471. The van der Waals surface area contributed by atoms with Crippen LogP contribution in [-0.4, -0.2) is 29.3 Å². The van der Waals surface area contributed by atoms with Gasteiger partial charge in [-0.15, -0.1) is 0 Å². The number of H-pyrrole nitrogens is 2. The lowest BCUT2D eigenvalue weighted by Gasteiger charge is -1.96. The Balaban J connectivity index is 0.000000220. The normalized spacial score (nSPS) is 10.0. The highest BCUT2D eigenvalue weighted by atomic mass is 19.1. The van der Waals surface area contributed by atoms with Crippen molar-refractivity contribution < 1.29 is 19.0 Å². The lowest BCUT2D eigenvalue weighted by atomic mass is 10.6. The van der Waals surface area contributed by atoms with Crippen LogP contribution in [0, 0.1) is 11.6 Å². The molecule has 120 valence electrons. The van der Waals surface area contributed by atoms with Crippen molar-refractivity contribution in [2.75, 3.05) is 0 Å². The van der Waals surface area contributed by atoms with Gasteiger partial charge in [0.15, 0.2) is 0 Å². The van der Waals surface area contributed by atoms with Gasteiger partial charge >= 0.3 is 11.4 Å². The van der Waals surface area contributed by atoms with Gasteiger partial charge < -0.3 is 10.2 Å². The van der Waals surface area contributed by atoms with Gasteiger partial charge in [0.05, 0.1) is 12.4 Å². The van der Waals surface area contributed by atoms with E-state index >= 15 is 0 Å². The van der Waals surface area contributed by atoms with Crippen LogP contribution >= 0.6 is 0 Å². The Morgan fingerprint density at radius 3 is 1.41 bits per heavy atom. The number of hydrogen-bond acceptors (Lipinski definition) is 6. The zero-order chi connectivity index (χ0) is 16.9. The summed E-state index contributed by atoms with van der Waals surface area (Å²) in [6.45, 7) is -1.32. The van der Waals surface area contributed by atoms with Gasteiger partial charge in [-0.1, -0.05) is 0 Å². The highest BCUT2D eigenvalue weighted by molar-refractivity contribution is 4.86. The SMILES string of the molecule is O=c1[nH]c(=O)n(CO)cc1F.O=c1[nH]c(=O)n(CO)cc1F. The summed E-state index contributed by atoms with van der Waals surface area (Å²) < 4.78 is 25.9. The highest BCUT2D eigenvalue weighted by Gasteiger charge is 2.01. The summed E-state index contributed by atoms with van der Waals surface area (Å²) in [4.78, 5) is 45.3. The fraction of sp³-hybridized carbons (Fsp3) is 0.200. The molecule has 0 amide bonds. The second-order valence-corrected chi connectivity index (χ2v) is 3.70. The van der Waals surface area contributed by atoms with E-state index in [2.05, 4.69) is 0 Å². The minimum absolute atomic E-state index is 0.636. The Hall–Kier alpha value is -2.86. The zero-order valence-electron chi connectivity index (χ0n) is 10.7. The summed E-state index contributed by atoms with van der Waals surface area (Å²) >= 11 is 0. The van der Waals surface area contributed by atoms with E-state index in [1.807, 2.05) is 0 Å². The van der Waals surface area contributed by atoms with Gasteiger partial charge in [-0.05, 0) is 0 Å². The van der Waals surface area contributed by atoms with Crippen LogP contribution in [0.4, 0.5) is 8.78 Å². The van der Waals surface area contributed by atoms with Gasteiger partial charge in [0.1, 0.15) is 13.5 Å². The van der Waals surface area contributed by atoms with Crippen LogP contribution < -0.4 is 22.5 Å². The second kappa shape index (κ2) is 7.24. The molecule has 2 aromatic heterocycles. The Bertz CT molecular complexity index is 807. The van der Waals surface area contributed by atoms with Crippen molar-refractivity contribution in [3.8, 4) is 0 Å². The van der Waals surface area contributed by atoms with Crippen LogP contribution in [0.1, 0.15) is 0 Å². The standard InChI is InChI=1S/2C5H5FN2O3/c2*6-3-1-8(2-9)5(11)7-4(3)10/h2*1,9H,2H2,(H,7,10,11). The molecule has 4 N–H and O–H groups in total. The molecule has 10 nitrogen and oxygen atoms in total. The summed E-state index contributed by atoms with van der Waals surface area (Å²) in [5, 5.41) is 16.8. The average Bonchev–Trinajstić information content (AvgIpc) is 2.47. The monoisotopic (exact) mass is 320 g/mol. The second-order valence-electron chi connectivity index (χ2n) is 3.70. The molecule has 0 aliphatic rings. The number of aliphatic hydroxyl groups is 2. The zero-order valence-corrected chi connectivity index (χ0v) is 10.7. The van der Waals surface area contributed by atoms with Crippen molar-refractivity contribution in [1.29, 1.82) is 0 Å².